The Morgan fingerprint density at radius 2 is 0.667 bits per heavy atom. The molecule has 0 saturated heterocycles. The molecule has 0 aliphatic heterocycles. The molecule has 0 saturated carbocycles. The molecule has 0 aliphatic carbocycles. The summed E-state index contributed by atoms with van der Waals surface area (Å²) >= 11 is 0. The molecule has 0 amide bonds. The van der Waals surface area contributed by atoms with Crippen LogP contribution in [0.15, 0.2) is 91.0 Å². The number of terminal acetylenes is 3. The molecule has 0 unspecified atom stereocenters. The molecule has 0 spiro atoms. The fourth-order valence-corrected chi connectivity index (χ4v) is 3.86. The summed E-state index contributed by atoms with van der Waals surface area (Å²) in [6.07, 6.45) is 18.0. The second-order valence-electron chi connectivity index (χ2n) is 6.78. The average Bonchev–Trinajstić information content (AvgIpc) is 2.83. The van der Waals surface area contributed by atoms with E-state index < -0.39 is 0 Å². The number of rotatable bonds is 3. The van der Waals surface area contributed by atoms with Crippen molar-refractivity contribution in [1.82, 2.24) is 0 Å². The second-order valence-corrected chi connectivity index (χ2v) is 6.78. The van der Waals surface area contributed by atoms with Crippen molar-refractivity contribution in [3.05, 3.63) is 108 Å². The van der Waals surface area contributed by atoms with Gasteiger partial charge in [0.15, 0.2) is 0 Å². The van der Waals surface area contributed by atoms with Gasteiger partial charge in [0.05, 0.1) is 5.56 Å². The number of benzene rings is 4. The molecule has 0 nitrogen and oxygen atoms in total. The van der Waals surface area contributed by atoms with Crippen molar-refractivity contribution in [3.63, 3.8) is 0 Å². The standard InChI is InChI=1S/C30H18/c1-4-25-26(5-2)28(22-16-10-7-11-17-22)30(24-20-14-9-15-21-24)29(27(25)6-3)23-18-12-8-13-19-23/h1-3,7-21H. The van der Waals surface area contributed by atoms with Gasteiger partial charge in [-0.15, -0.1) is 19.3 Å². The Labute approximate surface area is 178 Å². The van der Waals surface area contributed by atoms with Gasteiger partial charge in [-0.3, -0.25) is 0 Å². The van der Waals surface area contributed by atoms with Crippen LogP contribution < -0.4 is 0 Å². The smallest absolute Gasteiger partial charge is 0.0568 e. The molecular formula is C30H18. The highest BCUT2D eigenvalue weighted by Gasteiger charge is 2.24. The highest BCUT2D eigenvalue weighted by Crippen LogP contribution is 2.45. The van der Waals surface area contributed by atoms with E-state index in [0.717, 1.165) is 33.4 Å². The van der Waals surface area contributed by atoms with Crippen LogP contribution in [-0.4, -0.2) is 0 Å². The molecule has 0 radical (unpaired) electrons. The third-order valence-corrected chi connectivity index (χ3v) is 5.12. The molecule has 0 N–H and O–H groups in total. The summed E-state index contributed by atoms with van der Waals surface area (Å²) in [5.74, 6) is 8.46. The highest BCUT2D eigenvalue weighted by molar-refractivity contribution is 6.01. The van der Waals surface area contributed by atoms with E-state index in [1.807, 2.05) is 78.9 Å². The van der Waals surface area contributed by atoms with Crippen molar-refractivity contribution < 1.29 is 0 Å². The third-order valence-electron chi connectivity index (χ3n) is 5.12. The quantitative estimate of drug-likeness (QED) is 0.351. The summed E-state index contributed by atoms with van der Waals surface area (Å²) in [7, 11) is 0. The minimum atomic E-state index is 0.581. The Kier molecular flexibility index (Phi) is 5.22. The molecule has 30 heavy (non-hydrogen) atoms. The highest BCUT2D eigenvalue weighted by atomic mass is 14.2. The van der Waals surface area contributed by atoms with E-state index in [4.69, 9.17) is 19.3 Å². The van der Waals surface area contributed by atoms with Gasteiger partial charge in [0.2, 0.25) is 0 Å². The topological polar surface area (TPSA) is 0 Å². The Morgan fingerprint density at radius 3 is 0.967 bits per heavy atom. The van der Waals surface area contributed by atoms with Crippen molar-refractivity contribution in [2.75, 3.05) is 0 Å². The molecule has 0 aromatic heterocycles. The molecular weight excluding hydrogens is 360 g/mol. The van der Waals surface area contributed by atoms with Gasteiger partial charge in [0.1, 0.15) is 0 Å². The van der Waals surface area contributed by atoms with E-state index in [9.17, 15) is 0 Å². The number of hydrogen-bond donors (Lipinski definition) is 0. The number of hydrogen-bond acceptors (Lipinski definition) is 0. The van der Waals surface area contributed by atoms with Crippen molar-refractivity contribution in [2.24, 2.45) is 0 Å². The molecule has 138 valence electrons. The van der Waals surface area contributed by atoms with E-state index in [1.54, 1.807) is 0 Å². The van der Waals surface area contributed by atoms with Crippen LogP contribution in [0.4, 0.5) is 0 Å². The Bertz CT molecular complexity index is 1240. The molecule has 0 atom stereocenters. The Morgan fingerprint density at radius 1 is 0.367 bits per heavy atom. The maximum Gasteiger partial charge on any atom is 0.0568 e. The summed E-state index contributed by atoms with van der Waals surface area (Å²) in [5.41, 5.74) is 7.76. The lowest BCUT2D eigenvalue weighted by molar-refractivity contribution is 1.49. The maximum absolute atomic E-state index is 6.01. The minimum absolute atomic E-state index is 0.581. The maximum atomic E-state index is 6.01. The van der Waals surface area contributed by atoms with Crippen molar-refractivity contribution in [1.29, 1.82) is 0 Å². The van der Waals surface area contributed by atoms with E-state index in [1.165, 1.54) is 0 Å². The normalized spacial score (nSPS) is 9.90. The molecule has 4 rings (SSSR count). The van der Waals surface area contributed by atoms with Crippen LogP contribution in [0.1, 0.15) is 16.7 Å². The van der Waals surface area contributed by atoms with Crippen LogP contribution in [-0.2, 0) is 0 Å². The van der Waals surface area contributed by atoms with Gasteiger partial charge in [-0.05, 0) is 22.3 Å². The van der Waals surface area contributed by atoms with Gasteiger partial charge in [-0.1, -0.05) is 109 Å². The summed E-state index contributed by atoms with van der Waals surface area (Å²) in [4.78, 5) is 0. The summed E-state index contributed by atoms with van der Waals surface area (Å²) < 4.78 is 0. The first kappa shape index (κ1) is 18.9. The van der Waals surface area contributed by atoms with Crippen molar-refractivity contribution >= 4 is 0 Å². The Hall–Kier alpha value is -4.44. The van der Waals surface area contributed by atoms with Crippen molar-refractivity contribution in [3.8, 4) is 70.4 Å². The summed E-state index contributed by atoms with van der Waals surface area (Å²) in [5, 5.41) is 0. The van der Waals surface area contributed by atoms with Crippen LogP contribution in [0, 0.1) is 37.0 Å². The monoisotopic (exact) mass is 378 g/mol. The molecule has 0 aliphatic rings. The van der Waals surface area contributed by atoms with Crippen LogP contribution in [0.25, 0.3) is 33.4 Å². The molecule has 0 bridgehead atoms. The zero-order chi connectivity index (χ0) is 20.9. The molecule has 4 aromatic carbocycles. The first-order valence-electron chi connectivity index (χ1n) is 9.60. The van der Waals surface area contributed by atoms with Crippen LogP contribution >= 0.6 is 0 Å². The molecule has 0 heteroatoms. The first-order chi connectivity index (χ1) is 14.8. The third kappa shape index (κ3) is 3.16. The second kappa shape index (κ2) is 8.29. The average molecular weight is 378 g/mol. The minimum Gasteiger partial charge on any atom is -0.115 e. The molecule has 4 aromatic rings. The lowest BCUT2D eigenvalue weighted by atomic mass is 9.79. The predicted molar refractivity (Wildman–Crippen MR) is 127 cm³/mol. The van der Waals surface area contributed by atoms with Gasteiger partial charge >= 0.3 is 0 Å². The Balaban J connectivity index is 2.30. The first-order valence-corrected chi connectivity index (χ1v) is 9.60. The molecule has 0 fully saturated rings. The van der Waals surface area contributed by atoms with Gasteiger partial charge < -0.3 is 0 Å². The summed E-state index contributed by atoms with van der Waals surface area (Å²) in [6, 6.07) is 30.3. The fourth-order valence-electron chi connectivity index (χ4n) is 3.86. The van der Waals surface area contributed by atoms with Gasteiger partial charge in [0, 0.05) is 22.3 Å². The van der Waals surface area contributed by atoms with Crippen LogP contribution in [0.3, 0.4) is 0 Å². The largest absolute Gasteiger partial charge is 0.115 e. The van der Waals surface area contributed by atoms with Gasteiger partial charge in [-0.2, -0.15) is 0 Å². The van der Waals surface area contributed by atoms with Gasteiger partial charge in [0.25, 0.3) is 0 Å². The van der Waals surface area contributed by atoms with Crippen molar-refractivity contribution in [2.45, 2.75) is 0 Å². The SMILES string of the molecule is C#Cc1c(C#C)c(-c2ccccc2)c(-c2ccccc2)c(-c2ccccc2)c1C#C. The fraction of sp³-hybridized carbons (Fsp3) is 0. The lowest BCUT2D eigenvalue weighted by Gasteiger charge is -2.22. The van der Waals surface area contributed by atoms with E-state index in [-0.39, 0.29) is 0 Å². The molecule has 0 heterocycles. The summed E-state index contributed by atoms with van der Waals surface area (Å²) in [6.45, 7) is 0. The van der Waals surface area contributed by atoms with Crippen LogP contribution in [0.5, 0.6) is 0 Å². The zero-order valence-electron chi connectivity index (χ0n) is 16.4. The zero-order valence-corrected chi connectivity index (χ0v) is 16.4. The van der Waals surface area contributed by atoms with E-state index in [2.05, 4.69) is 29.9 Å². The van der Waals surface area contributed by atoms with Gasteiger partial charge in [-0.25, -0.2) is 0 Å². The van der Waals surface area contributed by atoms with Crippen LogP contribution in [0.2, 0.25) is 0 Å². The lowest BCUT2D eigenvalue weighted by Crippen LogP contribution is -2.02. The van der Waals surface area contributed by atoms with E-state index in [0.29, 0.717) is 16.7 Å². The predicted octanol–water partition coefficient (Wildman–Crippen LogP) is 6.63. The van der Waals surface area contributed by atoms with E-state index >= 15 is 0 Å².